The molecule has 1 N–H and O–H groups in total. The van der Waals surface area contributed by atoms with Gasteiger partial charge in [0, 0.05) is 31.7 Å². The molecule has 1 heterocycles. The summed E-state index contributed by atoms with van der Waals surface area (Å²) in [6, 6.07) is 10.6. The first kappa shape index (κ1) is 27.2. The number of rotatable bonds is 10. The monoisotopic (exact) mass is 545 g/mol. The van der Waals surface area contributed by atoms with Gasteiger partial charge >= 0.3 is 0 Å². The van der Waals surface area contributed by atoms with Crippen molar-refractivity contribution in [2.45, 2.75) is 17.7 Å². The molecule has 10 nitrogen and oxygen atoms in total. The SMILES string of the molecule is COc1ccc(N(CCCC(=O)Nc2ccc(S(=O)(=O)N3CCOCC3)cc2)S(C)(=O)=O)cc1Cl. The molecule has 0 unspecified atom stereocenters. The van der Waals surface area contributed by atoms with Gasteiger partial charge in [-0.3, -0.25) is 9.10 Å². The minimum absolute atomic E-state index is 0.0593. The number of ether oxygens (including phenoxy) is 2. The Labute approximate surface area is 210 Å². The van der Waals surface area contributed by atoms with Crippen LogP contribution in [0.15, 0.2) is 47.4 Å². The number of halogens is 1. The molecule has 0 saturated carbocycles. The number of benzene rings is 2. The zero-order chi connectivity index (χ0) is 25.6. The number of amides is 1. The van der Waals surface area contributed by atoms with E-state index < -0.39 is 20.0 Å². The molecule has 0 aliphatic carbocycles. The van der Waals surface area contributed by atoms with Crippen molar-refractivity contribution < 1.29 is 31.1 Å². The molecule has 192 valence electrons. The van der Waals surface area contributed by atoms with Crippen LogP contribution in [0.4, 0.5) is 11.4 Å². The van der Waals surface area contributed by atoms with Crippen LogP contribution < -0.4 is 14.4 Å². The van der Waals surface area contributed by atoms with Crippen LogP contribution >= 0.6 is 11.6 Å². The Morgan fingerprint density at radius 1 is 1.11 bits per heavy atom. The predicted octanol–water partition coefficient (Wildman–Crippen LogP) is 2.55. The topological polar surface area (TPSA) is 122 Å². The molecule has 2 aromatic rings. The number of hydrogen-bond acceptors (Lipinski definition) is 7. The number of hydrogen-bond donors (Lipinski definition) is 1. The van der Waals surface area contributed by atoms with Crippen molar-refractivity contribution in [2.24, 2.45) is 0 Å². The summed E-state index contributed by atoms with van der Waals surface area (Å²) in [5.74, 6) is 0.0991. The summed E-state index contributed by atoms with van der Waals surface area (Å²) in [4.78, 5) is 12.5. The first-order chi connectivity index (χ1) is 16.5. The Morgan fingerprint density at radius 3 is 2.34 bits per heavy atom. The van der Waals surface area contributed by atoms with Crippen molar-refractivity contribution in [1.29, 1.82) is 0 Å². The standard InChI is InChI=1S/C22H28ClN3O7S2/c1-32-21-10-7-18(16-20(21)23)26(34(2,28)29)11-3-4-22(27)24-17-5-8-19(9-6-17)35(30,31)25-12-14-33-15-13-25/h5-10,16H,3-4,11-15H2,1-2H3,(H,24,27). The van der Waals surface area contributed by atoms with E-state index in [9.17, 15) is 21.6 Å². The molecule has 35 heavy (non-hydrogen) atoms. The summed E-state index contributed by atoms with van der Waals surface area (Å²) in [7, 11) is -5.76. The molecule has 0 atom stereocenters. The van der Waals surface area contributed by atoms with Crippen LogP contribution in [0, 0.1) is 0 Å². The zero-order valence-corrected chi connectivity index (χ0v) is 21.8. The third kappa shape index (κ3) is 7.07. The van der Waals surface area contributed by atoms with Gasteiger partial charge in [-0.1, -0.05) is 11.6 Å². The molecule has 2 aromatic carbocycles. The van der Waals surface area contributed by atoms with E-state index in [0.717, 1.165) is 6.26 Å². The zero-order valence-electron chi connectivity index (χ0n) is 19.4. The van der Waals surface area contributed by atoms with Crippen LogP contribution in [0.1, 0.15) is 12.8 Å². The molecule has 0 spiro atoms. The highest BCUT2D eigenvalue weighted by atomic mass is 35.5. The Hall–Kier alpha value is -2.38. The fourth-order valence-electron chi connectivity index (χ4n) is 3.55. The summed E-state index contributed by atoms with van der Waals surface area (Å²) in [6.07, 6.45) is 1.40. The first-order valence-corrected chi connectivity index (χ1v) is 14.5. The second-order valence-electron chi connectivity index (χ2n) is 7.85. The van der Waals surface area contributed by atoms with Crippen LogP contribution in [0.5, 0.6) is 5.75 Å². The third-order valence-electron chi connectivity index (χ3n) is 5.33. The minimum Gasteiger partial charge on any atom is -0.495 e. The van der Waals surface area contributed by atoms with Crippen LogP contribution in [0.3, 0.4) is 0 Å². The number of nitrogens with zero attached hydrogens (tertiary/aromatic N) is 2. The number of carbonyl (C=O) groups excluding carboxylic acids is 1. The lowest BCUT2D eigenvalue weighted by Gasteiger charge is -2.26. The summed E-state index contributed by atoms with van der Waals surface area (Å²) in [6.45, 7) is 1.39. The smallest absolute Gasteiger partial charge is 0.243 e. The Bertz CT molecular complexity index is 1250. The van der Waals surface area contributed by atoms with Gasteiger partial charge in [-0.15, -0.1) is 0 Å². The van der Waals surface area contributed by atoms with Gasteiger partial charge in [0.15, 0.2) is 0 Å². The van der Waals surface area contributed by atoms with Gasteiger partial charge in [-0.05, 0) is 48.9 Å². The molecule has 1 fully saturated rings. The summed E-state index contributed by atoms with van der Waals surface area (Å²) >= 11 is 6.13. The number of nitrogens with one attached hydrogen (secondary N) is 1. The number of methoxy groups -OCH3 is 1. The maximum absolute atomic E-state index is 12.7. The van der Waals surface area contributed by atoms with Gasteiger partial charge in [-0.25, -0.2) is 16.8 Å². The largest absolute Gasteiger partial charge is 0.495 e. The Balaban J connectivity index is 1.57. The van der Waals surface area contributed by atoms with Gasteiger partial charge in [0.1, 0.15) is 5.75 Å². The lowest BCUT2D eigenvalue weighted by atomic mass is 10.2. The molecule has 0 bridgehead atoms. The van der Waals surface area contributed by atoms with Crippen molar-refractivity contribution in [2.75, 3.05) is 55.8 Å². The fraction of sp³-hybridized carbons (Fsp3) is 0.409. The summed E-state index contributed by atoms with van der Waals surface area (Å²) in [5.41, 5.74) is 0.814. The number of sulfonamides is 2. The van der Waals surface area contributed by atoms with Crippen molar-refractivity contribution in [3.8, 4) is 5.75 Å². The number of anilines is 2. The summed E-state index contributed by atoms with van der Waals surface area (Å²) in [5, 5.41) is 2.98. The highest BCUT2D eigenvalue weighted by molar-refractivity contribution is 7.92. The normalized spacial score (nSPS) is 14.9. The molecule has 1 aliphatic rings. The molecular formula is C22H28ClN3O7S2. The van der Waals surface area contributed by atoms with E-state index in [2.05, 4.69) is 5.32 Å². The van der Waals surface area contributed by atoms with Gasteiger partial charge in [-0.2, -0.15) is 4.31 Å². The van der Waals surface area contributed by atoms with E-state index >= 15 is 0 Å². The third-order valence-corrected chi connectivity index (χ3v) is 8.74. The molecule has 13 heteroatoms. The van der Waals surface area contributed by atoms with Crippen molar-refractivity contribution >= 4 is 48.9 Å². The van der Waals surface area contributed by atoms with Crippen molar-refractivity contribution in [1.82, 2.24) is 4.31 Å². The summed E-state index contributed by atoms with van der Waals surface area (Å²) < 4.78 is 62.8. The maximum atomic E-state index is 12.7. The lowest BCUT2D eigenvalue weighted by molar-refractivity contribution is -0.116. The molecule has 1 amide bonds. The van der Waals surface area contributed by atoms with E-state index in [-0.39, 0.29) is 35.2 Å². The fourth-order valence-corrected chi connectivity index (χ4v) is 6.17. The predicted molar refractivity (Wildman–Crippen MR) is 134 cm³/mol. The van der Waals surface area contributed by atoms with Gasteiger partial charge in [0.25, 0.3) is 0 Å². The van der Waals surface area contributed by atoms with Gasteiger partial charge < -0.3 is 14.8 Å². The first-order valence-electron chi connectivity index (χ1n) is 10.8. The molecule has 1 aliphatic heterocycles. The minimum atomic E-state index is -3.62. The van der Waals surface area contributed by atoms with Crippen LogP contribution in [-0.2, 0) is 29.6 Å². The highest BCUT2D eigenvalue weighted by Gasteiger charge is 2.26. The van der Waals surface area contributed by atoms with Gasteiger partial charge in [0.05, 0.1) is 42.2 Å². The second kappa shape index (κ2) is 11.6. The van der Waals surface area contributed by atoms with Crippen molar-refractivity contribution in [3.05, 3.63) is 47.5 Å². The average Bonchev–Trinajstić information content (AvgIpc) is 2.82. The van der Waals surface area contributed by atoms with E-state index in [0.29, 0.717) is 43.4 Å². The van der Waals surface area contributed by atoms with Crippen LogP contribution in [0.2, 0.25) is 5.02 Å². The second-order valence-corrected chi connectivity index (χ2v) is 12.1. The molecule has 0 radical (unpaired) electrons. The molecule has 3 rings (SSSR count). The average molecular weight is 546 g/mol. The molecular weight excluding hydrogens is 518 g/mol. The van der Waals surface area contributed by atoms with Crippen LogP contribution in [0.25, 0.3) is 0 Å². The quantitative estimate of drug-likeness (QED) is 0.487. The van der Waals surface area contributed by atoms with E-state index in [4.69, 9.17) is 21.1 Å². The Morgan fingerprint density at radius 2 is 1.77 bits per heavy atom. The number of morpholine rings is 1. The maximum Gasteiger partial charge on any atom is 0.243 e. The molecule has 0 aromatic heterocycles. The van der Waals surface area contributed by atoms with Crippen molar-refractivity contribution in [3.63, 3.8) is 0 Å². The van der Waals surface area contributed by atoms with Crippen LogP contribution in [-0.4, -0.2) is 73.3 Å². The molecule has 1 saturated heterocycles. The van der Waals surface area contributed by atoms with Gasteiger partial charge in [0.2, 0.25) is 26.0 Å². The number of carbonyl (C=O) groups is 1. The Kier molecular flexibility index (Phi) is 9.00. The van der Waals surface area contributed by atoms with E-state index in [1.807, 2.05) is 0 Å². The van der Waals surface area contributed by atoms with E-state index in [1.54, 1.807) is 12.1 Å². The highest BCUT2D eigenvalue weighted by Crippen LogP contribution is 2.30. The lowest BCUT2D eigenvalue weighted by Crippen LogP contribution is -2.40. The van der Waals surface area contributed by atoms with E-state index in [1.165, 1.54) is 46.1 Å².